The van der Waals surface area contributed by atoms with Crippen LogP contribution in [0.5, 0.6) is 17.2 Å². The molecule has 0 saturated carbocycles. The first-order valence-electron chi connectivity index (χ1n) is 16.4. The average molecular weight is 796 g/mol. The molecule has 6 aromatic rings. The first-order valence-corrected chi connectivity index (χ1v) is 19.3. The number of phenols is 1. The summed E-state index contributed by atoms with van der Waals surface area (Å²) in [6.45, 7) is 3.52. The van der Waals surface area contributed by atoms with Crippen LogP contribution in [-0.2, 0) is 20.2 Å². The maximum atomic E-state index is 12.5. The van der Waals surface area contributed by atoms with E-state index >= 15 is 0 Å². The Balaban J connectivity index is 1.27. The third kappa shape index (κ3) is 8.85. The zero-order chi connectivity index (χ0) is 40.2. The van der Waals surface area contributed by atoms with Gasteiger partial charge in [-0.25, -0.2) is 0 Å². The normalized spacial score (nSPS) is 12.2. The molecule has 0 aliphatic carbocycles. The summed E-state index contributed by atoms with van der Waals surface area (Å²) in [4.78, 5) is -0.909. The fourth-order valence-corrected chi connectivity index (χ4v) is 6.58. The zero-order valence-electron chi connectivity index (χ0n) is 30.1. The number of rotatable bonds is 12. The number of phenolic OH excluding ortho intramolecular Hbond substituents is 1. The molecule has 0 fully saturated rings. The lowest BCUT2D eigenvalue weighted by Gasteiger charge is -2.12. The summed E-state index contributed by atoms with van der Waals surface area (Å²) in [5.41, 5.74) is 3.95. The number of aryl methyl sites for hydroxylation is 2. The summed E-state index contributed by atoms with van der Waals surface area (Å²) in [6.07, 6.45) is 0. The molecule has 16 nitrogen and oxygen atoms in total. The van der Waals surface area contributed by atoms with E-state index in [0.29, 0.717) is 50.7 Å². The Labute approximate surface area is 321 Å². The van der Waals surface area contributed by atoms with E-state index in [4.69, 9.17) is 9.47 Å². The van der Waals surface area contributed by atoms with Gasteiger partial charge in [0, 0.05) is 28.9 Å². The van der Waals surface area contributed by atoms with E-state index in [1.54, 1.807) is 56.3 Å². The number of benzene rings is 6. The van der Waals surface area contributed by atoms with Crippen LogP contribution in [0.15, 0.2) is 144 Å². The van der Waals surface area contributed by atoms with Crippen molar-refractivity contribution in [1.82, 2.24) is 0 Å². The molecule has 0 bridgehead atoms. The van der Waals surface area contributed by atoms with Crippen molar-refractivity contribution in [3.05, 3.63) is 114 Å². The van der Waals surface area contributed by atoms with Gasteiger partial charge in [-0.15, -0.1) is 15.3 Å². The highest BCUT2D eigenvalue weighted by Gasteiger charge is 2.23. The SMILES string of the molecule is COc1cc(N=Nc2ccc(S(=O)(=O)O)cc2)c(C)cc1N=Nc1cc(OC)c(N=Nc2c(S(=O)(=O)O)cc3cc(Nc4ccccc4)ccc3c2O)cc1C. The van der Waals surface area contributed by atoms with E-state index in [0.717, 1.165) is 5.69 Å². The number of anilines is 2. The maximum Gasteiger partial charge on any atom is 0.296 e. The predicted molar refractivity (Wildman–Crippen MR) is 209 cm³/mol. The number of nitrogens with zero attached hydrogens (tertiary/aromatic N) is 6. The molecule has 0 spiro atoms. The molecule has 0 amide bonds. The van der Waals surface area contributed by atoms with Crippen LogP contribution in [0.3, 0.4) is 0 Å². The van der Waals surface area contributed by atoms with Gasteiger partial charge in [0.05, 0.1) is 36.2 Å². The summed E-state index contributed by atoms with van der Waals surface area (Å²) in [5.74, 6) is 0.0259. The number of aromatic hydroxyl groups is 1. The van der Waals surface area contributed by atoms with Crippen LogP contribution < -0.4 is 14.8 Å². The lowest BCUT2D eigenvalue weighted by Crippen LogP contribution is -1.99. The van der Waals surface area contributed by atoms with Gasteiger partial charge in [0.1, 0.15) is 33.5 Å². The quantitative estimate of drug-likeness (QED) is 0.0675. The van der Waals surface area contributed by atoms with E-state index in [9.17, 15) is 31.0 Å². The minimum absolute atomic E-state index is 0.169. The van der Waals surface area contributed by atoms with Crippen molar-refractivity contribution in [2.45, 2.75) is 23.6 Å². The number of azo groups is 3. The number of fused-ring (bicyclic) bond motifs is 1. The second-order valence-electron chi connectivity index (χ2n) is 12.2. The molecule has 0 radical (unpaired) electrons. The van der Waals surface area contributed by atoms with Crippen molar-refractivity contribution in [2.24, 2.45) is 30.7 Å². The smallest absolute Gasteiger partial charge is 0.296 e. The van der Waals surface area contributed by atoms with E-state index in [2.05, 4.69) is 36.0 Å². The first-order chi connectivity index (χ1) is 26.6. The van der Waals surface area contributed by atoms with E-state index < -0.39 is 36.6 Å². The standard InChI is InChI=1S/C38H33N7O9S2/c1-22-16-32(34(53-3)20-30(22)41-40-26-10-13-28(14-11-26)55(47,48)49)43-42-31-21-35(54-4)33(17-23(31)2)44-45-37-36(56(50,51)52)19-24-18-27(12-15-29(24)38(37)46)39-25-8-6-5-7-9-25/h5-21,39,46H,1-4H3,(H,47,48,49)(H,50,51,52). The van der Waals surface area contributed by atoms with Crippen LogP contribution in [0.1, 0.15) is 11.1 Å². The number of hydrogen-bond acceptors (Lipinski definition) is 14. The van der Waals surface area contributed by atoms with Gasteiger partial charge < -0.3 is 19.9 Å². The van der Waals surface area contributed by atoms with Crippen molar-refractivity contribution >= 4 is 76.5 Å². The molecule has 18 heteroatoms. The molecule has 0 aromatic heterocycles. The van der Waals surface area contributed by atoms with Gasteiger partial charge in [-0.1, -0.05) is 18.2 Å². The van der Waals surface area contributed by atoms with Gasteiger partial charge in [0.15, 0.2) is 5.75 Å². The summed E-state index contributed by atoms with van der Waals surface area (Å²) in [7, 11) is -6.35. The van der Waals surface area contributed by atoms with Gasteiger partial charge in [-0.2, -0.15) is 32.2 Å². The number of ether oxygens (including phenoxy) is 2. The Morgan fingerprint density at radius 2 is 1.12 bits per heavy atom. The number of hydrogen-bond donors (Lipinski definition) is 4. The Morgan fingerprint density at radius 1 is 0.571 bits per heavy atom. The van der Waals surface area contributed by atoms with Crippen molar-refractivity contribution in [3.8, 4) is 17.2 Å². The topological polar surface area (TPSA) is 234 Å². The molecule has 0 unspecified atom stereocenters. The van der Waals surface area contributed by atoms with Gasteiger partial charge >= 0.3 is 0 Å². The van der Waals surface area contributed by atoms with E-state index in [1.165, 1.54) is 44.6 Å². The third-order valence-corrected chi connectivity index (χ3v) is 10.1. The fourth-order valence-electron chi connectivity index (χ4n) is 5.44. The summed E-state index contributed by atoms with van der Waals surface area (Å²) in [5, 5.41) is 40.4. The average Bonchev–Trinajstić information content (AvgIpc) is 3.16. The highest BCUT2D eigenvalue weighted by atomic mass is 32.2. The van der Waals surface area contributed by atoms with Crippen LogP contribution in [0.25, 0.3) is 10.8 Å². The summed E-state index contributed by atoms with van der Waals surface area (Å²) in [6, 6.07) is 27.1. The van der Waals surface area contributed by atoms with E-state index in [1.807, 2.05) is 30.3 Å². The Kier molecular flexibility index (Phi) is 11.2. The Bertz CT molecular complexity index is 2780. The molecule has 0 aliphatic rings. The molecule has 0 atom stereocenters. The second-order valence-corrected chi connectivity index (χ2v) is 15.0. The predicted octanol–water partition coefficient (Wildman–Crippen LogP) is 10.7. The number of methoxy groups -OCH3 is 2. The van der Waals surface area contributed by atoms with Crippen LogP contribution in [-0.4, -0.2) is 45.3 Å². The molecule has 0 aliphatic heterocycles. The monoisotopic (exact) mass is 795 g/mol. The highest BCUT2D eigenvalue weighted by Crippen LogP contribution is 2.44. The second kappa shape index (κ2) is 16.0. The zero-order valence-corrected chi connectivity index (χ0v) is 31.7. The number of para-hydroxylation sites is 1. The molecule has 4 N–H and O–H groups in total. The first kappa shape index (κ1) is 39.1. The molecule has 0 heterocycles. The minimum Gasteiger partial charge on any atom is -0.505 e. The molecule has 0 saturated heterocycles. The molecule has 6 rings (SSSR count). The van der Waals surface area contributed by atoms with Crippen LogP contribution in [0, 0.1) is 13.8 Å². The summed E-state index contributed by atoms with van der Waals surface area (Å²) >= 11 is 0. The Hall–Kier alpha value is -6.60. The molecular formula is C38H33N7O9S2. The van der Waals surface area contributed by atoms with Crippen LogP contribution >= 0.6 is 0 Å². The van der Waals surface area contributed by atoms with Crippen molar-refractivity contribution in [1.29, 1.82) is 0 Å². The van der Waals surface area contributed by atoms with Crippen molar-refractivity contribution < 1.29 is 40.5 Å². The highest BCUT2D eigenvalue weighted by molar-refractivity contribution is 7.86. The molecule has 6 aromatic carbocycles. The summed E-state index contributed by atoms with van der Waals surface area (Å²) < 4.78 is 77.9. The lowest BCUT2D eigenvalue weighted by atomic mass is 10.1. The maximum absolute atomic E-state index is 12.5. The van der Waals surface area contributed by atoms with Crippen molar-refractivity contribution in [2.75, 3.05) is 19.5 Å². The molecule has 56 heavy (non-hydrogen) atoms. The number of nitrogens with one attached hydrogen (secondary N) is 1. The van der Waals surface area contributed by atoms with Gasteiger partial charge in [-0.3, -0.25) is 9.11 Å². The third-order valence-electron chi connectivity index (χ3n) is 8.32. The Morgan fingerprint density at radius 3 is 1.68 bits per heavy atom. The van der Waals surface area contributed by atoms with E-state index in [-0.39, 0.29) is 21.7 Å². The van der Waals surface area contributed by atoms with Crippen LogP contribution in [0.2, 0.25) is 0 Å². The van der Waals surface area contributed by atoms with Gasteiger partial charge in [0.25, 0.3) is 20.2 Å². The molecular weight excluding hydrogens is 763 g/mol. The van der Waals surface area contributed by atoms with Crippen LogP contribution in [0.4, 0.5) is 45.5 Å². The van der Waals surface area contributed by atoms with Gasteiger partial charge in [-0.05, 0) is 103 Å². The largest absolute Gasteiger partial charge is 0.505 e. The lowest BCUT2D eigenvalue weighted by molar-refractivity contribution is 0.415. The minimum atomic E-state index is -4.86. The fraction of sp³-hybridized carbons (Fsp3) is 0.105. The molecule has 286 valence electrons. The van der Waals surface area contributed by atoms with Gasteiger partial charge in [0.2, 0.25) is 0 Å². The van der Waals surface area contributed by atoms with Crippen molar-refractivity contribution in [3.63, 3.8) is 0 Å².